The molecule has 194 valence electrons. The third kappa shape index (κ3) is 6.64. The monoisotopic (exact) mass is 529 g/mol. The van der Waals surface area contributed by atoms with Crippen molar-refractivity contribution in [2.75, 3.05) is 17.1 Å². The number of benzene rings is 2. The first-order valence-corrected chi connectivity index (χ1v) is 15.3. The van der Waals surface area contributed by atoms with Crippen molar-refractivity contribution in [3.05, 3.63) is 77.1 Å². The van der Waals surface area contributed by atoms with Gasteiger partial charge < -0.3 is 4.74 Å². The lowest BCUT2D eigenvalue weighted by Gasteiger charge is -2.27. The minimum atomic E-state index is -3.99. The van der Waals surface area contributed by atoms with E-state index in [4.69, 9.17) is 9.52 Å². The number of hydrogen-bond acceptors (Lipinski definition) is 6. The van der Waals surface area contributed by atoms with Crippen LogP contribution in [0.25, 0.3) is 0 Å². The van der Waals surface area contributed by atoms with E-state index in [0.29, 0.717) is 5.69 Å². The molecule has 3 rings (SSSR count). The molecule has 9 heteroatoms. The van der Waals surface area contributed by atoms with Gasteiger partial charge in [0.1, 0.15) is 12.4 Å². The van der Waals surface area contributed by atoms with E-state index < -0.39 is 19.8 Å². The predicted octanol–water partition coefficient (Wildman–Crippen LogP) is 5.73. The molecule has 3 aromatic rings. The number of nitrogens with zero attached hydrogens (tertiary/aromatic N) is 2. The second-order valence-corrected chi connectivity index (χ2v) is 13.4. The van der Waals surface area contributed by atoms with Crippen molar-refractivity contribution in [2.45, 2.75) is 57.4 Å². The number of ether oxygens (including phenoxy) is 1. The minimum absolute atomic E-state index is 0.0255. The number of nitrogens with one attached hydrogen (secondary N) is 1. The zero-order chi connectivity index (χ0) is 26.7. The number of sulfonamides is 1. The van der Waals surface area contributed by atoms with Gasteiger partial charge in [-0.25, -0.2) is 17.4 Å². The highest BCUT2D eigenvalue weighted by molar-refractivity contribution is 7.93. The van der Waals surface area contributed by atoms with Crippen molar-refractivity contribution < 1.29 is 17.4 Å². The maximum absolute atomic E-state index is 13.8. The quantitative estimate of drug-likeness (QED) is 0.362. The van der Waals surface area contributed by atoms with E-state index in [-0.39, 0.29) is 34.6 Å². The van der Waals surface area contributed by atoms with E-state index in [1.165, 1.54) is 28.8 Å². The summed E-state index contributed by atoms with van der Waals surface area (Å²) in [6.07, 6.45) is 2.12. The van der Waals surface area contributed by atoms with Gasteiger partial charge in [-0.15, -0.1) is 0 Å². The highest BCUT2D eigenvalue weighted by atomic mass is 32.2. The average molecular weight is 530 g/mol. The molecule has 0 amide bonds. The number of rotatable bonds is 10. The van der Waals surface area contributed by atoms with Gasteiger partial charge in [0, 0.05) is 24.2 Å². The maximum Gasteiger partial charge on any atom is 0.264 e. The van der Waals surface area contributed by atoms with Gasteiger partial charge in [-0.05, 0) is 79.8 Å². The highest BCUT2D eigenvalue weighted by Gasteiger charge is 2.28. The summed E-state index contributed by atoms with van der Waals surface area (Å²) in [5.74, 6) is 0.304. The van der Waals surface area contributed by atoms with Crippen LogP contribution in [0.1, 0.15) is 43.3 Å². The minimum Gasteiger partial charge on any atom is -0.488 e. The number of pyridine rings is 1. The van der Waals surface area contributed by atoms with Crippen molar-refractivity contribution in [3.63, 3.8) is 0 Å². The fourth-order valence-electron chi connectivity index (χ4n) is 3.94. The van der Waals surface area contributed by atoms with Gasteiger partial charge in [0.25, 0.3) is 10.0 Å². The maximum atomic E-state index is 13.8. The van der Waals surface area contributed by atoms with Crippen LogP contribution in [0.3, 0.4) is 0 Å². The Morgan fingerprint density at radius 3 is 2.08 bits per heavy atom. The van der Waals surface area contributed by atoms with Gasteiger partial charge in [-0.2, -0.15) is 0 Å². The van der Waals surface area contributed by atoms with Crippen LogP contribution < -0.4 is 9.04 Å². The Balaban J connectivity index is 2.02. The number of aromatic nitrogens is 1. The summed E-state index contributed by atoms with van der Waals surface area (Å²) in [5, 5.41) is 0. The van der Waals surface area contributed by atoms with Crippen LogP contribution in [0.5, 0.6) is 5.75 Å². The molecular weight excluding hydrogens is 494 g/mol. The molecule has 7 nitrogen and oxygen atoms in total. The topological polar surface area (TPSA) is 100 Å². The van der Waals surface area contributed by atoms with Crippen molar-refractivity contribution >= 4 is 25.4 Å². The van der Waals surface area contributed by atoms with Crippen LogP contribution in [-0.2, 0) is 32.8 Å². The molecule has 0 spiro atoms. The lowest BCUT2D eigenvalue weighted by Crippen LogP contribution is -2.34. The molecule has 0 aliphatic carbocycles. The zero-order valence-electron chi connectivity index (χ0n) is 21.7. The fraction of sp³-hybridized carbons (Fsp3) is 0.370. The number of aryl methyl sites for hydroxylation is 3. The van der Waals surface area contributed by atoms with E-state index in [2.05, 4.69) is 4.98 Å². The predicted molar refractivity (Wildman–Crippen MR) is 145 cm³/mol. The smallest absolute Gasteiger partial charge is 0.264 e. The summed E-state index contributed by atoms with van der Waals surface area (Å²) in [5.41, 5.74) is 4.27. The molecule has 1 heterocycles. The Bertz CT molecular complexity index is 1410. The molecule has 2 aromatic carbocycles. The molecule has 0 aliphatic heterocycles. The third-order valence-electron chi connectivity index (χ3n) is 5.62. The lowest BCUT2D eigenvalue weighted by atomic mass is 10.1. The largest absolute Gasteiger partial charge is 0.488 e. The lowest BCUT2D eigenvalue weighted by molar-refractivity contribution is 0.297. The van der Waals surface area contributed by atoms with Crippen molar-refractivity contribution in [1.29, 1.82) is 4.78 Å². The van der Waals surface area contributed by atoms with Crippen LogP contribution in [0, 0.1) is 24.5 Å². The van der Waals surface area contributed by atoms with E-state index >= 15 is 0 Å². The Labute approximate surface area is 215 Å². The van der Waals surface area contributed by atoms with E-state index in [1.807, 2.05) is 71.0 Å². The Kier molecular flexibility index (Phi) is 8.46. The molecule has 1 aromatic heterocycles. The van der Waals surface area contributed by atoms with E-state index in [1.54, 1.807) is 0 Å². The standard InChI is InChI=1S/C27H35N3O4S2/c1-7-22-8-10-24(11-9-22)30(17-19(2)3)36(32,33)25-12-13-26(27(16-25)35(6,28)31)34-18-23-14-20(4)29-21(5)15-23/h8-16,19,28H,7,17-18H2,1-6H3. The molecule has 1 atom stereocenters. The molecule has 1 unspecified atom stereocenters. The first-order valence-electron chi connectivity index (χ1n) is 11.9. The normalized spacial score (nSPS) is 13.4. The van der Waals surface area contributed by atoms with Gasteiger partial charge in [-0.3, -0.25) is 9.29 Å². The second kappa shape index (κ2) is 11.0. The van der Waals surface area contributed by atoms with E-state index in [9.17, 15) is 12.6 Å². The molecular formula is C27H35N3O4S2. The third-order valence-corrected chi connectivity index (χ3v) is 8.57. The Morgan fingerprint density at radius 1 is 0.944 bits per heavy atom. The Morgan fingerprint density at radius 2 is 1.56 bits per heavy atom. The molecule has 0 radical (unpaired) electrons. The summed E-state index contributed by atoms with van der Waals surface area (Å²) < 4.78 is 56.0. The number of anilines is 1. The summed E-state index contributed by atoms with van der Waals surface area (Å²) >= 11 is 0. The molecule has 0 saturated carbocycles. The highest BCUT2D eigenvalue weighted by Crippen LogP contribution is 2.32. The fourth-order valence-corrected chi connectivity index (χ4v) is 6.53. The second-order valence-electron chi connectivity index (χ2n) is 9.45. The van der Waals surface area contributed by atoms with Crippen LogP contribution in [0.15, 0.2) is 64.4 Å². The Hall–Kier alpha value is -2.91. The zero-order valence-corrected chi connectivity index (χ0v) is 23.4. The van der Waals surface area contributed by atoms with Crippen LogP contribution in [0.2, 0.25) is 0 Å². The molecule has 0 bridgehead atoms. The summed E-state index contributed by atoms with van der Waals surface area (Å²) in [6, 6.07) is 15.5. The van der Waals surface area contributed by atoms with Gasteiger partial charge in [0.2, 0.25) is 0 Å². The summed E-state index contributed by atoms with van der Waals surface area (Å²) in [4.78, 5) is 4.38. The average Bonchev–Trinajstić information content (AvgIpc) is 2.80. The van der Waals surface area contributed by atoms with Crippen molar-refractivity contribution in [3.8, 4) is 5.75 Å². The van der Waals surface area contributed by atoms with Crippen LogP contribution in [0.4, 0.5) is 5.69 Å². The molecule has 0 aliphatic rings. The molecule has 36 heavy (non-hydrogen) atoms. The van der Waals surface area contributed by atoms with E-state index in [0.717, 1.165) is 28.9 Å². The first kappa shape index (κ1) is 27.7. The van der Waals surface area contributed by atoms with Gasteiger partial charge in [0.15, 0.2) is 0 Å². The molecule has 1 N–H and O–H groups in total. The summed E-state index contributed by atoms with van der Waals surface area (Å²) in [7, 11) is -7.27. The van der Waals surface area contributed by atoms with Crippen molar-refractivity contribution in [2.24, 2.45) is 5.92 Å². The molecule has 0 saturated heterocycles. The summed E-state index contributed by atoms with van der Waals surface area (Å²) in [6.45, 7) is 10.2. The van der Waals surface area contributed by atoms with Crippen molar-refractivity contribution in [1.82, 2.24) is 4.98 Å². The van der Waals surface area contributed by atoms with Crippen LogP contribution >= 0.6 is 0 Å². The molecule has 0 fully saturated rings. The van der Waals surface area contributed by atoms with Gasteiger partial charge in [-0.1, -0.05) is 32.9 Å². The SMILES string of the molecule is CCc1ccc(N(CC(C)C)S(=O)(=O)c2ccc(OCc3cc(C)nc(C)c3)c(S(C)(=N)=O)c2)cc1. The number of hydrogen-bond donors (Lipinski definition) is 1. The van der Waals surface area contributed by atoms with Gasteiger partial charge in [0.05, 0.1) is 25.2 Å². The van der Waals surface area contributed by atoms with Crippen LogP contribution in [-0.4, -0.2) is 30.4 Å². The first-order chi connectivity index (χ1) is 16.8. The van der Waals surface area contributed by atoms with Gasteiger partial charge >= 0.3 is 0 Å².